The second-order valence-electron chi connectivity index (χ2n) is 4.12. The van der Waals surface area contributed by atoms with Gasteiger partial charge in [-0.3, -0.25) is 9.59 Å². The van der Waals surface area contributed by atoms with Gasteiger partial charge in [-0.25, -0.2) is 0 Å². The highest BCUT2D eigenvalue weighted by Gasteiger charge is 2.25. The number of rotatable bonds is 3. The fourth-order valence-electron chi connectivity index (χ4n) is 2.01. The zero-order chi connectivity index (χ0) is 12.3. The molecule has 2 rings (SSSR count). The van der Waals surface area contributed by atoms with Gasteiger partial charge in [-0.2, -0.15) is 0 Å². The summed E-state index contributed by atoms with van der Waals surface area (Å²) < 4.78 is 3.66. The Morgan fingerprint density at radius 3 is 2.71 bits per heavy atom. The average Bonchev–Trinajstić information content (AvgIpc) is 2.82. The predicted molar refractivity (Wildman–Crippen MR) is 60.8 cm³/mol. The van der Waals surface area contributed by atoms with Crippen molar-refractivity contribution in [3.05, 3.63) is 11.1 Å². The van der Waals surface area contributed by atoms with Crippen molar-refractivity contribution in [1.29, 1.82) is 0 Å². The molecule has 1 fully saturated rings. The fraction of sp³-hybridized carbons (Fsp3) is 0.600. The number of aliphatic carboxylic acids is 1. The molecule has 1 aliphatic rings. The van der Waals surface area contributed by atoms with E-state index in [9.17, 15) is 9.59 Å². The molecule has 0 radical (unpaired) electrons. The Morgan fingerprint density at radius 1 is 1.47 bits per heavy atom. The van der Waals surface area contributed by atoms with Gasteiger partial charge in [0.05, 0.1) is 0 Å². The third-order valence-corrected chi connectivity index (χ3v) is 3.45. The highest BCUT2D eigenvalue weighted by atomic mass is 32.1. The van der Waals surface area contributed by atoms with Gasteiger partial charge >= 0.3 is 5.97 Å². The molecule has 0 bridgehead atoms. The summed E-state index contributed by atoms with van der Waals surface area (Å²) in [5.41, 5.74) is 0.381. The molecule has 0 aliphatic carbocycles. The second kappa shape index (κ2) is 5.22. The molecule has 92 valence electrons. The van der Waals surface area contributed by atoms with Gasteiger partial charge < -0.3 is 10.0 Å². The molecule has 1 saturated heterocycles. The van der Waals surface area contributed by atoms with Crippen molar-refractivity contribution in [2.45, 2.75) is 19.3 Å². The van der Waals surface area contributed by atoms with Crippen LogP contribution in [0.25, 0.3) is 0 Å². The van der Waals surface area contributed by atoms with E-state index < -0.39 is 5.97 Å². The Labute approximate surface area is 102 Å². The number of amides is 1. The van der Waals surface area contributed by atoms with Gasteiger partial charge in [0.15, 0.2) is 5.69 Å². The van der Waals surface area contributed by atoms with Crippen molar-refractivity contribution >= 4 is 23.4 Å². The lowest BCUT2D eigenvalue weighted by atomic mass is 9.93. The maximum atomic E-state index is 11.9. The number of likely N-dealkylation sites (tertiary alicyclic amines) is 1. The van der Waals surface area contributed by atoms with E-state index in [2.05, 4.69) is 9.59 Å². The molecule has 0 spiro atoms. The molecule has 17 heavy (non-hydrogen) atoms. The number of hydrogen-bond acceptors (Lipinski definition) is 5. The Kier molecular flexibility index (Phi) is 3.68. The molecule has 7 heteroatoms. The third-order valence-electron chi connectivity index (χ3n) is 2.94. The lowest BCUT2D eigenvalue weighted by Crippen LogP contribution is -2.39. The molecule has 0 saturated carbocycles. The highest BCUT2D eigenvalue weighted by Crippen LogP contribution is 2.21. The monoisotopic (exact) mass is 255 g/mol. The summed E-state index contributed by atoms with van der Waals surface area (Å²) in [6.07, 6.45) is 1.69. The minimum Gasteiger partial charge on any atom is -0.481 e. The minimum atomic E-state index is -0.765. The largest absolute Gasteiger partial charge is 0.481 e. The molecule has 2 heterocycles. The van der Waals surface area contributed by atoms with Crippen LogP contribution >= 0.6 is 11.5 Å². The van der Waals surface area contributed by atoms with Gasteiger partial charge in [0, 0.05) is 24.9 Å². The Balaban J connectivity index is 1.87. The molecule has 0 unspecified atom stereocenters. The molecule has 0 aromatic carbocycles. The van der Waals surface area contributed by atoms with Crippen LogP contribution in [0.5, 0.6) is 0 Å². The minimum absolute atomic E-state index is 0.104. The van der Waals surface area contributed by atoms with Crippen molar-refractivity contribution in [3.8, 4) is 0 Å². The van der Waals surface area contributed by atoms with E-state index in [4.69, 9.17) is 5.11 Å². The SMILES string of the molecule is O=C(O)CC1CCN(C(=O)c2csnn2)CC1. The number of carbonyl (C=O) groups excluding carboxylic acids is 1. The van der Waals surface area contributed by atoms with Crippen LogP contribution in [0, 0.1) is 5.92 Å². The zero-order valence-electron chi connectivity index (χ0n) is 9.20. The van der Waals surface area contributed by atoms with Gasteiger partial charge in [-0.1, -0.05) is 4.49 Å². The fourth-order valence-corrected chi connectivity index (χ4v) is 2.44. The van der Waals surface area contributed by atoms with Gasteiger partial charge in [-0.05, 0) is 30.3 Å². The Hall–Kier alpha value is -1.50. The maximum absolute atomic E-state index is 11.9. The summed E-state index contributed by atoms with van der Waals surface area (Å²) in [4.78, 5) is 24.2. The van der Waals surface area contributed by atoms with Gasteiger partial charge in [-0.15, -0.1) is 5.10 Å². The van der Waals surface area contributed by atoms with E-state index >= 15 is 0 Å². The molecule has 1 amide bonds. The summed E-state index contributed by atoms with van der Waals surface area (Å²) in [6, 6.07) is 0. The number of carboxylic acid groups (broad SMARTS) is 1. The molecule has 6 nitrogen and oxygen atoms in total. The maximum Gasteiger partial charge on any atom is 0.303 e. The Bertz CT molecular complexity index is 399. The van der Waals surface area contributed by atoms with Gasteiger partial charge in [0.2, 0.25) is 0 Å². The predicted octanol–water partition coefficient (Wildman–Crippen LogP) is 0.865. The number of aromatic nitrogens is 2. The Morgan fingerprint density at radius 2 is 2.18 bits per heavy atom. The van der Waals surface area contributed by atoms with Crippen LogP contribution in [0.15, 0.2) is 5.38 Å². The highest BCUT2D eigenvalue weighted by molar-refractivity contribution is 7.03. The van der Waals surface area contributed by atoms with Crippen LogP contribution in [0.3, 0.4) is 0 Å². The third kappa shape index (κ3) is 3.00. The van der Waals surface area contributed by atoms with Crippen LogP contribution in [-0.4, -0.2) is 44.6 Å². The number of nitrogens with zero attached hydrogens (tertiary/aromatic N) is 3. The summed E-state index contributed by atoms with van der Waals surface area (Å²) in [7, 11) is 0. The number of hydrogen-bond donors (Lipinski definition) is 1. The molecular weight excluding hydrogens is 242 g/mol. The van der Waals surface area contributed by atoms with Crippen LogP contribution in [-0.2, 0) is 4.79 Å². The molecule has 1 N–H and O–H groups in total. The van der Waals surface area contributed by atoms with E-state index in [1.54, 1.807) is 10.3 Å². The van der Waals surface area contributed by atoms with E-state index in [-0.39, 0.29) is 18.2 Å². The summed E-state index contributed by atoms with van der Waals surface area (Å²) >= 11 is 1.15. The first-order valence-electron chi connectivity index (χ1n) is 5.45. The van der Waals surface area contributed by atoms with E-state index in [1.165, 1.54) is 0 Å². The molecule has 1 aromatic heterocycles. The van der Waals surface area contributed by atoms with Crippen LogP contribution in [0.1, 0.15) is 29.8 Å². The van der Waals surface area contributed by atoms with Crippen LogP contribution in [0.4, 0.5) is 0 Å². The quantitative estimate of drug-likeness (QED) is 0.866. The lowest BCUT2D eigenvalue weighted by Gasteiger charge is -2.30. The van der Waals surface area contributed by atoms with Gasteiger partial charge in [0.1, 0.15) is 0 Å². The van der Waals surface area contributed by atoms with E-state index in [1.807, 2.05) is 0 Å². The smallest absolute Gasteiger partial charge is 0.303 e. The molecular formula is C10H13N3O3S. The normalized spacial score (nSPS) is 17.1. The lowest BCUT2D eigenvalue weighted by molar-refractivity contribution is -0.138. The van der Waals surface area contributed by atoms with E-state index in [0.717, 1.165) is 24.4 Å². The van der Waals surface area contributed by atoms with Crippen molar-refractivity contribution in [1.82, 2.24) is 14.5 Å². The topological polar surface area (TPSA) is 83.4 Å². The molecule has 0 atom stereocenters. The number of carboxylic acids is 1. The van der Waals surface area contributed by atoms with Crippen molar-refractivity contribution in [3.63, 3.8) is 0 Å². The first kappa shape index (κ1) is 12.0. The van der Waals surface area contributed by atoms with Gasteiger partial charge in [0.25, 0.3) is 5.91 Å². The van der Waals surface area contributed by atoms with Crippen molar-refractivity contribution in [2.24, 2.45) is 5.92 Å². The first-order valence-corrected chi connectivity index (χ1v) is 6.28. The summed E-state index contributed by atoms with van der Waals surface area (Å²) in [5, 5.41) is 14.1. The van der Waals surface area contributed by atoms with Crippen LogP contribution < -0.4 is 0 Å². The first-order chi connectivity index (χ1) is 8.16. The number of piperidine rings is 1. The van der Waals surface area contributed by atoms with E-state index in [0.29, 0.717) is 18.8 Å². The zero-order valence-corrected chi connectivity index (χ0v) is 10.0. The van der Waals surface area contributed by atoms with Crippen molar-refractivity contribution < 1.29 is 14.7 Å². The summed E-state index contributed by atoms with van der Waals surface area (Å²) in [5.74, 6) is -0.684. The average molecular weight is 255 g/mol. The second-order valence-corrected chi connectivity index (χ2v) is 4.73. The summed E-state index contributed by atoms with van der Waals surface area (Å²) in [6.45, 7) is 1.21. The number of carbonyl (C=O) groups is 2. The molecule has 1 aliphatic heterocycles. The van der Waals surface area contributed by atoms with Crippen LogP contribution in [0.2, 0.25) is 0 Å². The molecule has 1 aromatic rings. The van der Waals surface area contributed by atoms with Crippen molar-refractivity contribution in [2.75, 3.05) is 13.1 Å². The standard InChI is InChI=1S/C10H13N3O3S/c14-9(15)5-7-1-3-13(4-2-7)10(16)8-6-17-12-11-8/h6-7H,1-5H2,(H,14,15).